The molecule has 4 rings (SSSR count). The Bertz CT molecular complexity index is 1230. The van der Waals surface area contributed by atoms with Gasteiger partial charge >= 0.3 is 0 Å². The first kappa shape index (κ1) is 21.8. The molecule has 1 N–H and O–H groups in total. The van der Waals surface area contributed by atoms with Crippen LogP contribution in [0.4, 0.5) is 0 Å². The van der Waals surface area contributed by atoms with Crippen LogP contribution in [0.3, 0.4) is 0 Å². The predicted molar refractivity (Wildman–Crippen MR) is 130 cm³/mol. The van der Waals surface area contributed by atoms with Gasteiger partial charge in [0.1, 0.15) is 5.54 Å². The molecule has 0 radical (unpaired) electrons. The molecule has 1 aromatic heterocycles. The van der Waals surface area contributed by atoms with E-state index < -0.39 is 5.54 Å². The van der Waals surface area contributed by atoms with E-state index in [0.717, 1.165) is 29.7 Å². The highest BCUT2D eigenvalue weighted by molar-refractivity contribution is 5.94. The van der Waals surface area contributed by atoms with Gasteiger partial charge in [0.25, 0.3) is 5.91 Å². The first-order valence-corrected chi connectivity index (χ1v) is 10.9. The fourth-order valence-electron chi connectivity index (χ4n) is 5.01. The van der Waals surface area contributed by atoms with Crippen LogP contribution in [0, 0.1) is 5.92 Å². The lowest BCUT2D eigenvalue weighted by molar-refractivity contribution is 0.0827. The zero-order valence-corrected chi connectivity index (χ0v) is 19.1. The largest absolute Gasteiger partial charge is 0.345 e. The van der Waals surface area contributed by atoms with Crippen LogP contribution in [0.2, 0.25) is 0 Å². The number of rotatable bonds is 4. The number of hydrogen-bond acceptors (Lipinski definition) is 3. The SMILES string of the molecule is CC=C1C2C=C(C)CC1(N=C/C=C/c1cccc(C(=O)N(C)C)c1)c1ccc(=O)[nH]c1C2. The molecule has 2 aromatic rings. The van der Waals surface area contributed by atoms with Crippen LogP contribution in [0.15, 0.2) is 75.6 Å². The van der Waals surface area contributed by atoms with Gasteiger partial charge in [-0.2, -0.15) is 0 Å². The number of H-pyrrole nitrogens is 1. The van der Waals surface area contributed by atoms with E-state index in [-0.39, 0.29) is 17.4 Å². The third-order valence-electron chi connectivity index (χ3n) is 6.29. The predicted octanol–water partition coefficient (Wildman–Crippen LogP) is 4.52. The van der Waals surface area contributed by atoms with Crippen LogP contribution in [-0.2, 0) is 12.0 Å². The van der Waals surface area contributed by atoms with E-state index in [0.29, 0.717) is 5.56 Å². The second kappa shape index (κ2) is 8.58. The van der Waals surface area contributed by atoms with Crippen molar-refractivity contribution in [3.8, 4) is 0 Å². The summed E-state index contributed by atoms with van der Waals surface area (Å²) in [6, 6.07) is 11.1. The number of allylic oxidation sites excluding steroid dienone is 3. The fraction of sp³-hybridized carbons (Fsp3) is 0.296. The van der Waals surface area contributed by atoms with Gasteiger partial charge in [-0.1, -0.05) is 35.9 Å². The average molecular weight is 428 g/mol. The summed E-state index contributed by atoms with van der Waals surface area (Å²) in [6.45, 7) is 4.23. The first-order valence-electron chi connectivity index (χ1n) is 10.9. The maximum Gasteiger partial charge on any atom is 0.253 e. The molecule has 1 heterocycles. The highest BCUT2D eigenvalue weighted by Gasteiger charge is 2.46. The number of aromatic nitrogens is 1. The highest BCUT2D eigenvalue weighted by Crippen LogP contribution is 2.51. The van der Waals surface area contributed by atoms with Crippen molar-refractivity contribution in [1.82, 2.24) is 9.88 Å². The van der Waals surface area contributed by atoms with E-state index >= 15 is 0 Å². The van der Waals surface area contributed by atoms with Gasteiger partial charge < -0.3 is 9.88 Å². The Morgan fingerprint density at radius 3 is 2.81 bits per heavy atom. The maximum absolute atomic E-state index is 12.2. The van der Waals surface area contributed by atoms with E-state index in [9.17, 15) is 9.59 Å². The average Bonchev–Trinajstić information content (AvgIpc) is 2.75. The smallest absolute Gasteiger partial charge is 0.253 e. The van der Waals surface area contributed by atoms with Gasteiger partial charge in [-0.05, 0) is 55.7 Å². The van der Waals surface area contributed by atoms with Crippen LogP contribution in [0.25, 0.3) is 6.08 Å². The zero-order chi connectivity index (χ0) is 22.9. The van der Waals surface area contributed by atoms with Gasteiger partial charge in [0.05, 0.1) is 0 Å². The van der Waals surface area contributed by atoms with Crippen molar-refractivity contribution >= 4 is 18.2 Å². The molecule has 0 spiro atoms. The molecular weight excluding hydrogens is 398 g/mol. The first-order chi connectivity index (χ1) is 15.3. The zero-order valence-electron chi connectivity index (χ0n) is 19.1. The molecule has 1 amide bonds. The number of carbonyl (C=O) groups is 1. The fourth-order valence-corrected chi connectivity index (χ4v) is 5.01. The molecule has 2 aliphatic carbocycles. The second-order valence-corrected chi connectivity index (χ2v) is 8.78. The number of nitrogens with zero attached hydrogens (tertiary/aromatic N) is 2. The normalized spacial score (nSPS) is 23.4. The van der Waals surface area contributed by atoms with E-state index in [4.69, 9.17) is 4.99 Å². The number of benzene rings is 1. The van der Waals surface area contributed by atoms with Crippen molar-refractivity contribution in [1.29, 1.82) is 0 Å². The van der Waals surface area contributed by atoms with Crippen molar-refractivity contribution in [2.45, 2.75) is 32.2 Å². The van der Waals surface area contributed by atoms with Gasteiger partial charge in [0.2, 0.25) is 5.56 Å². The van der Waals surface area contributed by atoms with E-state index in [1.807, 2.05) is 48.7 Å². The second-order valence-electron chi connectivity index (χ2n) is 8.78. The molecular formula is C27H29N3O2. The topological polar surface area (TPSA) is 65.5 Å². The summed E-state index contributed by atoms with van der Waals surface area (Å²) < 4.78 is 0. The number of hydrogen-bond donors (Lipinski definition) is 1. The van der Waals surface area contributed by atoms with Gasteiger partial charge in [0.15, 0.2) is 0 Å². The van der Waals surface area contributed by atoms with Gasteiger partial charge in [-0.25, -0.2) is 0 Å². The Hall–Kier alpha value is -3.47. The Labute approximate surface area is 188 Å². The lowest BCUT2D eigenvalue weighted by Crippen LogP contribution is -2.40. The van der Waals surface area contributed by atoms with Crippen LogP contribution < -0.4 is 5.56 Å². The molecule has 1 aromatic carbocycles. The molecule has 0 saturated carbocycles. The summed E-state index contributed by atoms with van der Waals surface area (Å²) in [5.41, 5.74) is 5.69. The molecule has 2 unspecified atom stereocenters. The summed E-state index contributed by atoms with van der Waals surface area (Å²) in [5, 5.41) is 0. The molecule has 164 valence electrons. The standard InChI is InChI=1S/C27H29N3O2/c1-5-22-21-14-18(2)17-27(22,23-11-12-25(31)29-24(23)16-21)28-13-7-9-19-8-6-10-20(15-19)26(32)30(3)4/h5-15,21H,16-17H2,1-4H3,(H,29,31)/b9-7+,22-5?,28-13?. The van der Waals surface area contributed by atoms with E-state index in [2.05, 4.69) is 31.0 Å². The van der Waals surface area contributed by atoms with Crippen LogP contribution >= 0.6 is 0 Å². The highest BCUT2D eigenvalue weighted by atomic mass is 16.2. The maximum atomic E-state index is 12.2. The van der Waals surface area contributed by atoms with Crippen LogP contribution in [0.5, 0.6) is 0 Å². The van der Waals surface area contributed by atoms with Gasteiger partial charge in [-0.15, -0.1) is 0 Å². The van der Waals surface area contributed by atoms with Crippen molar-refractivity contribution < 1.29 is 4.79 Å². The van der Waals surface area contributed by atoms with Crippen molar-refractivity contribution in [2.75, 3.05) is 14.1 Å². The molecule has 5 heteroatoms. The molecule has 32 heavy (non-hydrogen) atoms. The quantitative estimate of drug-likeness (QED) is 0.576. The van der Waals surface area contributed by atoms with Gasteiger partial charge in [-0.3, -0.25) is 14.6 Å². The van der Waals surface area contributed by atoms with Gasteiger partial charge in [0, 0.05) is 55.5 Å². The Morgan fingerprint density at radius 2 is 2.06 bits per heavy atom. The van der Waals surface area contributed by atoms with Crippen LogP contribution in [-0.4, -0.2) is 36.1 Å². The van der Waals surface area contributed by atoms with E-state index in [1.54, 1.807) is 25.1 Å². The summed E-state index contributed by atoms with van der Waals surface area (Å²) in [6.07, 6.45) is 11.8. The summed E-state index contributed by atoms with van der Waals surface area (Å²) in [7, 11) is 3.50. The van der Waals surface area contributed by atoms with Crippen molar-refractivity contribution in [3.05, 3.63) is 98.5 Å². The number of aromatic amines is 1. The molecule has 0 saturated heterocycles. The number of pyridine rings is 1. The summed E-state index contributed by atoms with van der Waals surface area (Å²) in [4.78, 5) is 33.9. The third kappa shape index (κ3) is 3.91. The van der Waals surface area contributed by atoms with Crippen molar-refractivity contribution in [2.24, 2.45) is 10.9 Å². The number of nitrogens with one attached hydrogen (secondary N) is 1. The van der Waals surface area contributed by atoms with E-state index in [1.165, 1.54) is 11.1 Å². The Morgan fingerprint density at radius 1 is 1.25 bits per heavy atom. The number of amides is 1. The molecule has 5 nitrogen and oxygen atoms in total. The Kier molecular flexibility index (Phi) is 5.83. The minimum Gasteiger partial charge on any atom is -0.345 e. The number of aliphatic imine (C=N–C) groups is 1. The molecule has 0 aliphatic heterocycles. The monoisotopic (exact) mass is 427 g/mol. The lowest BCUT2D eigenvalue weighted by atomic mass is 9.63. The molecule has 2 bridgehead atoms. The molecule has 0 fully saturated rings. The minimum atomic E-state index is -0.497. The van der Waals surface area contributed by atoms with Crippen LogP contribution in [0.1, 0.15) is 47.4 Å². The summed E-state index contributed by atoms with van der Waals surface area (Å²) in [5.74, 6) is 0.225. The molecule has 2 atom stereocenters. The number of carbonyl (C=O) groups excluding carboxylic acids is 1. The molecule has 2 aliphatic rings. The minimum absolute atomic E-state index is 0.0196. The summed E-state index contributed by atoms with van der Waals surface area (Å²) >= 11 is 0. The number of fused-ring (bicyclic) bond motifs is 4. The lowest BCUT2D eigenvalue weighted by Gasteiger charge is -2.45. The van der Waals surface area contributed by atoms with Crippen molar-refractivity contribution in [3.63, 3.8) is 0 Å². The third-order valence-corrected chi connectivity index (χ3v) is 6.29. The Balaban J connectivity index is 1.69.